The molecule has 4 atom stereocenters. The summed E-state index contributed by atoms with van der Waals surface area (Å²) in [5.74, 6) is 0.356. The smallest absolute Gasteiger partial charge is 0.387 e. The van der Waals surface area contributed by atoms with E-state index in [0.29, 0.717) is 25.7 Å². The number of hydrogen-bond acceptors (Lipinski definition) is 6. The van der Waals surface area contributed by atoms with Gasteiger partial charge in [0.1, 0.15) is 17.9 Å². The molecular formula is C18H25ClF2N4O3. The Morgan fingerprint density at radius 3 is 3.00 bits per heavy atom. The lowest BCUT2D eigenvalue weighted by atomic mass is 9.88. The number of morpholine rings is 1. The summed E-state index contributed by atoms with van der Waals surface area (Å²) >= 11 is 0. The number of carbonyl (C=O) groups excluding carboxylic acids is 1. The van der Waals surface area contributed by atoms with Gasteiger partial charge in [0.05, 0.1) is 13.2 Å². The zero-order valence-corrected chi connectivity index (χ0v) is 16.1. The van der Waals surface area contributed by atoms with Crippen LogP contribution in [0, 0.1) is 5.92 Å². The molecule has 3 N–H and O–H groups in total. The third-order valence-corrected chi connectivity index (χ3v) is 5.48. The Labute approximate surface area is 168 Å². The van der Waals surface area contributed by atoms with Gasteiger partial charge in [-0.15, -0.1) is 12.4 Å². The third kappa shape index (κ3) is 4.55. The number of piperidine rings is 1. The number of hydrogen-bond donors (Lipinski definition) is 3. The fraction of sp³-hybridized carbons (Fsp3) is 0.611. The van der Waals surface area contributed by atoms with Crippen molar-refractivity contribution < 1.29 is 23.0 Å². The second-order valence-corrected chi connectivity index (χ2v) is 7.12. The van der Waals surface area contributed by atoms with Crippen molar-refractivity contribution in [2.45, 2.75) is 31.2 Å². The maximum atomic E-state index is 13.1. The van der Waals surface area contributed by atoms with Crippen molar-refractivity contribution in [1.29, 1.82) is 0 Å². The van der Waals surface area contributed by atoms with Gasteiger partial charge in [-0.05, 0) is 30.7 Å². The molecule has 3 saturated heterocycles. The first-order valence-electron chi connectivity index (χ1n) is 9.29. The molecule has 3 fully saturated rings. The normalized spacial score (nSPS) is 29.9. The fourth-order valence-corrected chi connectivity index (χ4v) is 4.10. The standard InChI is InChI=1S/C18H24F2N4O3.ClH/c19-18(20)27-12-3-1-2-11(8-12)15-10-24(6-7-26-15)17(25)16-13-9-21-5-4-14(13)22-23-16;/h1-3,8,13-16,18,21-23H,4-7,9-10H2;1H. The number of alkyl halides is 2. The van der Waals surface area contributed by atoms with Crippen LogP contribution in [0.2, 0.25) is 0 Å². The fourth-order valence-electron chi connectivity index (χ4n) is 4.10. The van der Waals surface area contributed by atoms with Crippen molar-refractivity contribution >= 4 is 18.3 Å². The molecular weight excluding hydrogens is 394 g/mol. The van der Waals surface area contributed by atoms with Gasteiger partial charge in [0, 0.05) is 25.0 Å². The molecule has 0 spiro atoms. The molecule has 10 heteroatoms. The van der Waals surface area contributed by atoms with Gasteiger partial charge in [0.15, 0.2) is 0 Å². The van der Waals surface area contributed by atoms with E-state index in [0.717, 1.165) is 25.1 Å². The van der Waals surface area contributed by atoms with Crippen molar-refractivity contribution in [2.24, 2.45) is 5.92 Å². The van der Waals surface area contributed by atoms with Crippen LogP contribution in [0.1, 0.15) is 18.1 Å². The van der Waals surface area contributed by atoms with Crippen LogP contribution in [0.3, 0.4) is 0 Å². The number of benzene rings is 1. The van der Waals surface area contributed by atoms with E-state index in [1.807, 2.05) is 0 Å². The van der Waals surface area contributed by atoms with E-state index in [1.165, 1.54) is 6.07 Å². The second-order valence-electron chi connectivity index (χ2n) is 7.12. The molecule has 4 rings (SSSR count). The maximum absolute atomic E-state index is 13.1. The first-order valence-corrected chi connectivity index (χ1v) is 9.29. The molecule has 3 aliphatic heterocycles. The summed E-state index contributed by atoms with van der Waals surface area (Å²) in [7, 11) is 0. The van der Waals surface area contributed by atoms with E-state index < -0.39 is 6.61 Å². The highest BCUT2D eigenvalue weighted by molar-refractivity contribution is 5.85. The SMILES string of the molecule is Cl.O=C(C1NNC2CCNCC21)N1CCOC(c2cccc(OC(F)F)c2)C1. The van der Waals surface area contributed by atoms with E-state index in [9.17, 15) is 13.6 Å². The van der Waals surface area contributed by atoms with Crippen molar-refractivity contribution in [3.05, 3.63) is 29.8 Å². The maximum Gasteiger partial charge on any atom is 0.387 e. The number of hydrazine groups is 1. The lowest BCUT2D eigenvalue weighted by molar-refractivity contribution is -0.142. The summed E-state index contributed by atoms with van der Waals surface area (Å²) in [6.45, 7) is 0.201. The number of carbonyl (C=O) groups is 1. The molecule has 0 bridgehead atoms. The van der Waals surface area contributed by atoms with Crippen LogP contribution < -0.4 is 20.9 Å². The Kier molecular flexibility index (Phi) is 7.05. The molecule has 1 aromatic rings. The Morgan fingerprint density at radius 1 is 1.32 bits per heavy atom. The van der Waals surface area contributed by atoms with Gasteiger partial charge >= 0.3 is 6.61 Å². The highest BCUT2D eigenvalue weighted by Gasteiger charge is 2.43. The number of nitrogens with zero attached hydrogens (tertiary/aromatic N) is 1. The Hall–Kier alpha value is -1.52. The van der Waals surface area contributed by atoms with Crippen LogP contribution in [-0.2, 0) is 9.53 Å². The predicted octanol–water partition coefficient (Wildman–Crippen LogP) is 1.06. The van der Waals surface area contributed by atoms with Gasteiger partial charge < -0.3 is 19.7 Å². The first kappa shape index (κ1) is 21.2. The molecule has 7 nitrogen and oxygen atoms in total. The average Bonchev–Trinajstić information content (AvgIpc) is 3.11. The molecule has 28 heavy (non-hydrogen) atoms. The minimum Gasteiger partial charge on any atom is -0.435 e. The molecule has 0 saturated carbocycles. The molecule has 0 aromatic heterocycles. The first-order chi connectivity index (χ1) is 13.1. The Bertz CT molecular complexity index is 684. The van der Waals surface area contributed by atoms with E-state index in [-0.39, 0.29) is 42.1 Å². The highest BCUT2D eigenvalue weighted by atomic mass is 35.5. The minimum atomic E-state index is -2.87. The van der Waals surface area contributed by atoms with E-state index in [2.05, 4.69) is 20.9 Å². The van der Waals surface area contributed by atoms with Crippen molar-refractivity contribution in [3.63, 3.8) is 0 Å². The quantitative estimate of drug-likeness (QED) is 0.679. The topological polar surface area (TPSA) is 74.9 Å². The molecule has 3 aliphatic rings. The van der Waals surface area contributed by atoms with E-state index >= 15 is 0 Å². The Balaban J connectivity index is 0.00000225. The van der Waals surface area contributed by atoms with Gasteiger partial charge in [0.2, 0.25) is 5.91 Å². The van der Waals surface area contributed by atoms with Gasteiger partial charge in [0.25, 0.3) is 0 Å². The summed E-state index contributed by atoms with van der Waals surface area (Å²) in [6, 6.07) is 6.51. The van der Waals surface area contributed by atoms with Gasteiger partial charge in [-0.3, -0.25) is 10.2 Å². The van der Waals surface area contributed by atoms with Crippen molar-refractivity contribution in [3.8, 4) is 5.75 Å². The van der Waals surface area contributed by atoms with Crippen LogP contribution >= 0.6 is 12.4 Å². The predicted molar refractivity (Wildman–Crippen MR) is 100 cm³/mol. The number of fused-ring (bicyclic) bond motifs is 1. The summed E-state index contributed by atoms with van der Waals surface area (Å²) in [5.41, 5.74) is 7.12. The number of nitrogens with one attached hydrogen (secondary N) is 3. The van der Waals surface area contributed by atoms with Crippen molar-refractivity contribution in [2.75, 3.05) is 32.8 Å². The van der Waals surface area contributed by atoms with Crippen LogP contribution in [0.25, 0.3) is 0 Å². The Morgan fingerprint density at radius 2 is 2.18 bits per heavy atom. The third-order valence-electron chi connectivity index (χ3n) is 5.48. The summed E-state index contributed by atoms with van der Waals surface area (Å²) in [4.78, 5) is 14.9. The van der Waals surface area contributed by atoms with Crippen LogP contribution in [-0.4, -0.2) is 62.3 Å². The molecule has 156 valence electrons. The summed E-state index contributed by atoms with van der Waals surface area (Å²) in [5, 5.41) is 3.35. The van der Waals surface area contributed by atoms with Gasteiger partial charge in [-0.2, -0.15) is 8.78 Å². The van der Waals surface area contributed by atoms with Crippen LogP contribution in [0.15, 0.2) is 24.3 Å². The van der Waals surface area contributed by atoms with E-state index in [4.69, 9.17) is 4.74 Å². The van der Waals surface area contributed by atoms with Gasteiger partial charge in [-0.1, -0.05) is 12.1 Å². The molecule has 1 aromatic carbocycles. The molecule has 1 amide bonds. The number of amides is 1. The van der Waals surface area contributed by atoms with Crippen LogP contribution in [0.5, 0.6) is 5.75 Å². The van der Waals surface area contributed by atoms with E-state index in [1.54, 1.807) is 23.1 Å². The lowest BCUT2D eigenvalue weighted by Gasteiger charge is -2.36. The number of halogens is 3. The lowest BCUT2D eigenvalue weighted by Crippen LogP contribution is -2.53. The number of ether oxygens (including phenoxy) is 2. The van der Waals surface area contributed by atoms with Crippen molar-refractivity contribution in [1.82, 2.24) is 21.1 Å². The monoisotopic (exact) mass is 418 g/mol. The summed E-state index contributed by atoms with van der Waals surface area (Å²) in [6.07, 6.45) is 0.628. The largest absolute Gasteiger partial charge is 0.435 e. The second kappa shape index (κ2) is 9.32. The van der Waals surface area contributed by atoms with Gasteiger partial charge in [-0.25, -0.2) is 5.43 Å². The highest BCUT2D eigenvalue weighted by Crippen LogP contribution is 2.28. The molecule has 0 aliphatic carbocycles. The number of rotatable bonds is 4. The minimum absolute atomic E-state index is 0. The molecule has 3 heterocycles. The zero-order chi connectivity index (χ0) is 18.8. The average molecular weight is 419 g/mol. The van der Waals surface area contributed by atoms with Crippen LogP contribution in [0.4, 0.5) is 8.78 Å². The molecule has 4 unspecified atom stereocenters. The zero-order valence-electron chi connectivity index (χ0n) is 15.3. The molecule has 0 radical (unpaired) electrons. The summed E-state index contributed by atoms with van der Waals surface area (Å²) < 4.78 is 35.1.